The molecule has 4 N–H and O–H groups in total. The number of carbonyl (C=O) groups excluding carboxylic acids is 2. The zero-order valence-electron chi connectivity index (χ0n) is 15.0. The Kier molecular flexibility index (Phi) is 4.76. The largest absolute Gasteiger partial charge is 0.331 e. The van der Waals surface area contributed by atoms with Gasteiger partial charge in [0.05, 0.1) is 17.1 Å². The molecule has 9 nitrogen and oxygen atoms in total. The maximum Gasteiger partial charge on any atom is 0.260 e. The van der Waals surface area contributed by atoms with Crippen LogP contribution in [-0.2, 0) is 4.79 Å². The number of imidazole rings is 2. The fourth-order valence-corrected chi connectivity index (χ4v) is 3.55. The number of benzene rings is 1. The van der Waals surface area contributed by atoms with Gasteiger partial charge in [0, 0.05) is 24.2 Å². The Labute approximate surface area is 160 Å². The standard InChI is InChI=1S/C19H19N7O2/c20-10-11-3-1-4-12(9-11)16(27)25-19-23-14-6-2-5-13(15(14)24-19)17(28)26-18-21-7-8-22-18/h2,5-8,11-12H,1,3-4,9H2,(H2,21,22,26,28)(H2,23,24,25,27)/t11?,12-/m0/s1. The van der Waals surface area contributed by atoms with Gasteiger partial charge in [-0.05, 0) is 31.4 Å². The summed E-state index contributed by atoms with van der Waals surface area (Å²) in [6.45, 7) is 0. The van der Waals surface area contributed by atoms with E-state index in [0.29, 0.717) is 29.0 Å². The zero-order chi connectivity index (χ0) is 19.5. The van der Waals surface area contributed by atoms with Crippen molar-refractivity contribution >= 4 is 34.7 Å². The summed E-state index contributed by atoms with van der Waals surface area (Å²) in [5, 5.41) is 14.6. The highest BCUT2D eigenvalue weighted by Gasteiger charge is 2.28. The normalized spacial score (nSPS) is 19.1. The number of nitrogens with one attached hydrogen (secondary N) is 4. The number of hydrogen-bond donors (Lipinski definition) is 4. The molecule has 0 saturated heterocycles. The molecule has 2 heterocycles. The maximum absolute atomic E-state index is 12.6. The van der Waals surface area contributed by atoms with Crippen molar-refractivity contribution in [3.8, 4) is 6.07 Å². The molecule has 4 rings (SSSR count). The Bertz CT molecular complexity index is 1050. The van der Waals surface area contributed by atoms with Crippen LogP contribution in [-0.4, -0.2) is 31.8 Å². The predicted molar refractivity (Wildman–Crippen MR) is 102 cm³/mol. The van der Waals surface area contributed by atoms with Crippen LogP contribution in [0.25, 0.3) is 11.0 Å². The molecule has 0 radical (unpaired) electrons. The molecule has 2 atom stereocenters. The molecule has 9 heteroatoms. The van der Waals surface area contributed by atoms with Crippen LogP contribution in [0.1, 0.15) is 36.0 Å². The molecule has 1 aliphatic carbocycles. The second-order valence-electron chi connectivity index (χ2n) is 6.86. The molecule has 0 spiro atoms. The average Bonchev–Trinajstić information content (AvgIpc) is 3.36. The van der Waals surface area contributed by atoms with E-state index in [-0.39, 0.29) is 29.6 Å². The minimum Gasteiger partial charge on any atom is -0.331 e. The predicted octanol–water partition coefficient (Wildman–Crippen LogP) is 2.81. The van der Waals surface area contributed by atoms with Crippen LogP contribution in [0.2, 0.25) is 0 Å². The van der Waals surface area contributed by atoms with Gasteiger partial charge >= 0.3 is 0 Å². The smallest absolute Gasteiger partial charge is 0.260 e. The number of fused-ring (bicyclic) bond motifs is 1. The van der Waals surface area contributed by atoms with E-state index in [1.807, 2.05) is 0 Å². The molecule has 2 amide bonds. The van der Waals surface area contributed by atoms with Crippen molar-refractivity contribution in [2.75, 3.05) is 10.6 Å². The number of hydrogen-bond acceptors (Lipinski definition) is 5. The van der Waals surface area contributed by atoms with Gasteiger partial charge in [-0.25, -0.2) is 9.97 Å². The molecular weight excluding hydrogens is 358 g/mol. The van der Waals surface area contributed by atoms with Crippen LogP contribution >= 0.6 is 0 Å². The van der Waals surface area contributed by atoms with Crippen LogP contribution in [0, 0.1) is 23.2 Å². The first-order chi connectivity index (χ1) is 13.6. The number of carbonyl (C=O) groups is 2. The number of aromatic nitrogens is 4. The minimum absolute atomic E-state index is 0.0722. The number of aromatic amines is 2. The number of nitrogens with zero attached hydrogens (tertiary/aromatic N) is 3. The molecule has 1 aromatic carbocycles. The van der Waals surface area contributed by atoms with Crippen molar-refractivity contribution in [3.63, 3.8) is 0 Å². The van der Waals surface area contributed by atoms with E-state index in [1.165, 1.54) is 0 Å². The van der Waals surface area contributed by atoms with Crippen LogP contribution < -0.4 is 10.6 Å². The first kappa shape index (κ1) is 17.7. The fourth-order valence-electron chi connectivity index (χ4n) is 3.55. The summed E-state index contributed by atoms with van der Waals surface area (Å²) in [5.41, 5.74) is 1.47. The van der Waals surface area contributed by atoms with Crippen molar-refractivity contribution in [2.45, 2.75) is 25.7 Å². The van der Waals surface area contributed by atoms with Crippen LogP contribution in [0.15, 0.2) is 30.6 Å². The lowest BCUT2D eigenvalue weighted by Crippen LogP contribution is -2.28. The number of H-pyrrole nitrogens is 2. The Morgan fingerprint density at radius 2 is 2.11 bits per heavy atom. The molecule has 0 aliphatic heterocycles. The summed E-state index contributed by atoms with van der Waals surface area (Å²) >= 11 is 0. The average molecular weight is 377 g/mol. The quantitative estimate of drug-likeness (QED) is 0.553. The van der Waals surface area contributed by atoms with E-state index in [9.17, 15) is 9.59 Å². The van der Waals surface area contributed by atoms with Crippen molar-refractivity contribution in [3.05, 3.63) is 36.2 Å². The second-order valence-corrected chi connectivity index (χ2v) is 6.86. The van der Waals surface area contributed by atoms with E-state index in [2.05, 4.69) is 36.6 Å². The summed E-state index contributed by atoms with van der Waals surface area (Å²) < 4.78 is 0. The zero-order valence-corrected chi connectivity index (χ0v) is 15.0. The molecule has 142 valence electrons. The molecule has 2 aromatic heterocycles. The molecule has 28 heavy (non-hydrogen) atoms. The van der Waals surface area contributed by atoms with E-state index in [0.717, 1.165) is 19.3 Å². The highest BCUT2D eigenvalue weighted by molar-refractivity contribution is 6.11. The summed E-state index contributed by atoms with van der Waals surface area (Å²) in [5.74, 6) is -0.146. The number of amides is 2. The van der Waals surface area contributed by atoms with Crippen molar-refractivity contribution < 1.29 is 9.59 Å². The van der Waals surface area contributed by atoms with E-state index in [1.54, 1.807) is 30.6 Å². The summed E-state index contributed by atoms with van der Waals surface area (Å²) in [7, 11) is 0. The lowest BCUT2D eigenvalue weighted by atomic mass is 9.82. The molecule has 1 aliphatic rings. The van der Waals surface area contributed by atoms with Gasteiger partial charge in [-0.3, -0.25) is 20.2 Å². The van der Waals surface area contributed by atoms with Crippen LogP contribution in [0.5, 0.6) is 0 Å². The number of rotatable bonds is 4. The third-order valence-electron chi connectivity index (χ3n) is 4.96. The highest BCUT2D eigenvalue weighted by Crippen LogP contribution is 2.29. The maximum atomic E-state index is 12.6. The Hall–Kier alpha value is -3.67. The highest BCUT2D eigenvalue weighted by atomic mass is 16.2. The minimum atomic E-state index is -0.353. The van der Waals surface area contributed by atoms with Gasteiger partial charge in [0.1, 0.15) is 5.52 Å². The molecule has 0 bridgehead atoms. The van der Waals surface area contributed by atoms with Crippen LogP contribution in [0.4, 0.5) is 11.9 Å². The van der Waals surface area contributed by atoms with Crippen molar-refractivity contribution in [1.82, 2.24) is 19.9 Å². The molecule has 3 aromatic rings. The summed E-state index contributed by atoms with van der Waals surface area (Å²) in [4.78, 5) is 39.3. The Morgan fingerprint density at radius 3 is 2.89 bits per heavy atom. The van der Waals surface area contributed by atoms with Crippen molar-refractivity contribution in [2.24, 2.45) is 11.8 Å². The summed E-state index contributed by atoms with van der Waals surface area (Å²) in [6, 6.07) is 7.44. The SMILES string of the molecule is N#CC1CCC[C@H](C(=O)Nc2nc3c(C(=O)Nc4ncc[nH]4)cccc3[nH]2)C1. The van der Waals surface area contributed by atoms with Gasteiger partial charge in [0.15, 0.2) is 0 Å². The third kappa shape index (κ3) is 3.57. The fraction of sp³-hybridized carbons (Fsp3) is 0.316. The van der Waals surface area contributed by atoms with Gasteiger partial charge in [-0.15, -0.1) is 0 Å². The van der Waals surface area contributed by atoms with Gasteiger partial charge in [-0.1, -0.05) is 12.5 Å². The molecular formula is C19H19N7O2. The molecule has 1 unspecified atom stereocenters. The van der Waals surface area contributed by atoms with Crippen LogP contribution in [0.3, 0.4) is 0 Å². The summed E-state index contributed by atoms with van der Waals surface area (Å²) in [6.07, 6.45) is 6.20. The number of para-hydroxylation sites is 1. The van der Waals surface area contributed by atoms with Crippen molar-refractivity contribution in [1.29, 1.82) is 5.26 Å². The van der Waals surface area contributed by atoms with E-state index in [4.69, 9.17) is 5.26 Å². The number of anilines is 2. The van der Waals surface area contributed by atoms with Gasteiger partial charge in [-0.2, -0.15) is 5.26 Å². The van der Waals surface area contributed by atoms with Gasteiger partial charge in [0.2, 0.25) is 17.8 Å². The van der Waals surface area contributed by atoms with Gasteiger partial charge in [0.25, 0.3) is 5.91 Å². The monoisotopic (exact) mass is 377 g/mol. The lowest BCUT2D eigenvalue weighted by molar-refractivity contribution is -0.121. The second kappa shape index (κ2) is 7.52. The third-order valence-corrected chi connectivity index (χ3v) is 4.96. The van der Waals surface area contributed by atoms with Gasteiger partial charge < -0.3 is 9.97 Å². The molecule has 1 saturated carbocycles. The Morgan fingerprint density at radius 1 is 1.21 bits per heavy atom. The topological polar surface area (TPSA) is 139 Å². The van der Waals surface area contributed by atoms with E-state index >= 15 is 0 Å². The molecule has 1 fully saturated rings. The first-order valence-corrected chi connectivity index (χ1v) is 9.14. The number of nitriles is 1. The Balaban J connectivity index is 1.52. The first-order valence-electron chi connectivity index (χ1n) is 9.14. The van der Waals surface area contributed by atoms with E-state index < -0.39 is 0 Å². The lowest BCUT2D eigenvalue weighted by Gasteiger charge is -2.23.